The minimum Gasteiger partial charge on any atom is -0.126 e. The Morgan fingerprint density at radius 2 is 1.72 bits per heavy atom. The number of hydrogen-bond acceptors (Lipinski definition) is 0. The molecule has 1 aromatic carbocycles. The minimum absolute atomic E-state index is 0.119. The first-order valence-corrected chi connectivity index (χ1v) is 7.81. The average molecular weight is 328 g/mol. The van der Waals surface area contributed by atoms with Crippen LogP contribution in [-0.2, 0) is 6.42 Å². The Hall–Kier alpha value is 0.380. The van der Waals surface area contributed by atoms with E-state index in [2.05, 4.69) is 13.8 Å². The van der Waals surface area contributed by atoms with E-state index in [4.69, 9.17) is 46.4 Å². The van der Waals surface area contributed by atoms with Gasteiger partial charge in [-0.2, -0.15) is 0 Å². The van der Waals surface area contributed by atoms with Crippen LogP contribution < -0.4 is 0 Å². The van der Waals surface area contributed by atoms with Crippen LogP contribution in [0.4, 0.5) is 0 Å². The molecule has 0 heterocycles. The predicted octanol–water partition coefficient (Wildman–Crippen LogP) is 6.05. The molecular formula is C14H18Cl4. The van der Waals surface area contributed by atoms with E-state index in [1.165, 1.54) is 0 Å². The van der Waals surface area contributed by atoms with E-state index in [-0.39, 0.29) is 5.41 Å². The van der Waals surface area contributed by atoms with Crippen molar-refractivity contribution in [2.45, 2.75) is 26.7 Å². The number of benzene rings is 1. The molecule has 0 nitrogen and oxygen atoms in total. The van der Waals surface area contributed by atoms with E-state index in [1.54, 1.807) is 6.07 Å². The molecule has 0 aliphatic heterocycles. The Bertz CT molecular complexity index is 383. The van der Waals surface area contributed by atoms with Crippen LogP contribution in [0.5, 0.6) is 0 Å². The highest BCUT2D eigenvalue weighted by Gasteiger charge is 2.30. The molecule has 0 radical (unpaired) electrons. The summed E-state index contributed by atoms with van der Waals surface area (Å²) in [5, 5.41) is 1.19. The summed E-state index contributed by atoms with van der Waals surface area (Å²) in [6, 6.07) is 5.69. The lowest BCUT2D eigenvalue weighted by Crippen LogP contribution is -2.30. The summed E-state index contributed by atoms with van der Waals surface area (Å²) < 4.78 is 0. The smallest absolute Gasteiger partial charge is 0.0624 e. The molecular weight excluding hydrogens is 310 g/mol. The lowest BCUT2D eigenvalue weighted by atomic mass is 9.78. The average Bonchev–Trinajstić information content (AvgIpc) is 2.33. The number of halogens is 4. The molecule has 0 saturated carbocycles. The fraction of sp³-hybridized carbons (Fsp3) is 0.571. The van der Waals surface area contributed by atoms with Gasteiger partial charge >= 0.3 is 0 Å². The maximum atomic E-state index is 6.23. The maximum absolute atomic E-state index is 6.23. The molecule has 4 heteroatoms. The van der Waals surface area contributed by atoms with E-state index in [1.807, 2.05) is 12.1 Å². The van der Waals surface area contributed by atoms with Crippen LogP contribution in [0.1, 0.15) is 25.8 Å². The van der Waals surface area contributed by atoms with Crippen molar-refractivity contribution in [3.8, 4) is 0 Å². The maximum Gasteiger partial charge on any atom is 0.0624 e. The highest BCUT2D eigenvalue weighted by Crippen LogP contribution is 2.37. The molecule has 0 aliphatic rings. The standard InChI is InChI=1S/C14H18Cl4/c1-10(2)6-14(8-15,9-16)7-11-4-3-5-12(17)13(11)18/h3-5,10H,6-9H2,1-2H3. The summed E-state index contributed by atoms with van der Waals surface area (Å²) in [6.45, 7) is 4.35. The third kappa shape index (κ3) is 4.20. The lowest BCUT2D eigenvalue weighted by Gasteiger charge is -2.32. The topological polar surface area (TPSA) is 0 Å². The minimum atomic E-state index is -0.119. The fourth-order valence-corrected chi connectivity index (χ4v) is 3.35. The van der Waals surface area contributed by atoms with Crippen molar-refractivity contribution in [2.24, 2.45) is 11.3 Å². The Labute approximate surface area is 130 Å². The van der Waals surface area contributed by atoms with Crippen LogP contribution in [-0.4, -0.2) is 11.8 Å². The van der Waals surface area contributed by atoms with Crippen molar-refractivity contribution in [1.29, 1.82) is 0 Å². The second kappa shape index (κ2) is 7.24. The first kappa shape index (κ1) is 16.4. The van der Waals surface area contributed by atoms with Gasteiger partial charge in [0.05, 0.1) is 10.0 Å². The van der Waals surface area contributed by atoms with Gasteiger partial charge in [-0.25, -0.2) is 0 Å². The van der Waals surface area contributed by atoms with Gasteiger partial charge in [0.1, 0.15) is 0 Å². The van der Waals surface area contributed by atoms with Crippen molar-refractivity contribution < 1.29 is 0 Å². The van der Waals surface area contributed by atoms with Gasteiger partial charge in [0, 0.05) is 17.2 Å². The van der Waals surface area contributed by atoms with E-state index < -0.39 is 0 Å². The van der Waals surface area contributed by atoms with Crippen LogP contribution in [0.15, 0.2) is 18.2 Å². The number of alkyl halides is 2. The molecule has 0 atom stereocenters. The number of rotatable bonds is 6. The van der Waals surface area contributed by atoms with E-state index in [0.29, 0.717) is 27.7 Å². The Morgan fingerprint density at radius 3 is 2.22 bits per heavy atom. The molecule has 102 valence electrons. The molecule has 0 fully saturated rings. The summed E-state index contributed by atoms with van der Waals surface area (Å²) in [4.78, 5) is 0. The van der Waals surface area contributed by atoms with Crippen molar-refractivity contribution >= 4 is 46.4 Å². The van der Waals surface area contributed by atoms with Crippen LogP contribution in [0.25, 0.3) is 0 Å². The largest absolute Gasteiger partial charge is 0.126 e. The molecule has 0 N–H and O–H groups in total. The zero-order chi connectivity index (χ0) is 13.8. The number of hydrogen-bond donors (Lipinski definition) is 0. The monoisotopic (exact) mass is 326 g/mol. The molecule has 0 saturated heterocycles. The van der Waals surface area contributed by atoms with Gasteiger partial charge in [-0.1, -0.05) is 49.2 Å². The second-order valence-electron chi connectivity index (χ2n) is 5.25. The zero-order valence-electron chi connectivity index (χ0n) is 10.6. The second-order valence-corrected chi connectivity index (χ2v) is 6.57. The highest BCUT2D eigenvalue weighted by molar-refractivity contribution is 6.42. The molecule has 0 unspecified atom stereocenters. The molecule has 0 spiro atoms. The van der Waals surface area contributed by atoms with Crippen LogP contribution in [0.2, 0.25) is 10.0 Å². The molecule has 1 aromatic rings. The third-order valence-corrected chi connectivity index (χ3v) is 5.00. The Balaban J connectivity index is 2.99. The molecule has 18 heavy (non-hydrogen) atoms. The van der Waals surface area contributed by atoms with Gasteiger partial charge in [-0.05, 0) is 30.4 Å². The fourth-order valence-electron chi connectivity index (χ4n) is 2.27. The van der Waals surface area contributed by atoms with Crippen molar-refractivity contribution in [3.63, 3.8) is 0 Å². The third-order valence-electron chi connectivity index (χ3n) is 3.01. The van der Waals surface area contributed by atoms with E-state index >= 15 is 0 Å². The predicted molar refractivity (Wildman–Crippen MR) is 83.5 cm³/mol. The van der Waals surface area contributed by atoms with Gasteiger partial charge in [0.25, 0.3) is 0 Å². The van der Waals surface area contributed by atoms with E-state index in [0.717, 1.165) is 18.4 Å². The Kier molecular flexibility index (Phi) is 6.61. The quantitative estimate of drug-likeness (QED) is 0.558. The summed E-state index contributed by atoms with van der Waals surface area (Å²) in [7, 11) is 0. The van der Waals surface area contributed by atoms with Crippen molar-refractivity contribution in [2.75, 3.05) is 11.8 Å². The van der Waals surface area contributed by atoms with Gasteiger partial charge in [-0.15, -0.1) is 23.2 Å². The molecule has 1 rings (SSSR count). The summed E-state index contributed by atoms with van der Waals surface area (Å²) in [5.41, 5.74) is 0.900. The van der Waals surface area contributed by atoms with Crippen LogP contribution in [0.3, 0.4) is 0 Å². The van der Waals surface area contributed by atoms with Crippen LogP contribution in [0, 0.1) is 11.3 Å². The zero-order valence-corrected chi connectivity index (χ0v) is 13.7. The lowest BCUT2D eigenvalue weighted by molar-refractivity contribution is 0.295. The molecule has 0 aromatic heterocycles. The SMILES string of the molecule is CC(C)CC(CCl)(CCl)Cc1cccc(Cl)c1Cl. The highest BCUT2D eigenvalue weighted by atomic mass is 35.5. The summed E-state index contributed by atoms with van der Waals surface area (Å²) >= 11 is 24.6. The van der Waals surface area contributed by atoms with Gasteiger partial charge < -0.3 is 0 Å². The molecule has 0 aliphatic carbocycles. The van der Waals surface area contributed by atoms with E-state index in [9.17, 15) is 0 Å². The Morgan fingerprint density at radius 1 is 1.11 bits per heavy atom. The van der Waals surface area contributed by atoms with Crippen molar-refractivity contribution in [3.05, 3.63) is 33.8 Å². The summed E-state index contributed by atoms with van der Waals surface area (Å²) in [5.74, 6) is 1.59. The normalized spacial score (nSPS) is 12.2. The van der Waals surface area contributed by atoms with Gasteiger partial charge in [0.2, 0.25) is 0 Å². The first-order valence-electron chi connectivity index (χ1n) is 5.99. The van der Waals surface area contributed by atoms with Gasteiger partial charge in [0.15, 0.2) is 0 Å². The summed E-state index contributed by atoms with van der Waals surface area (Å²) in [6.07, 6.45) is 1.74. The van der Waals surface area contributed by atoms with Gasteiger partial charge in [-0.3, -0.25) is 0 Å². The molecule has 0 bridgehead atoms. The van der Waals surface area contributed by atoms with Crippen LogP contribution >= 0.6 is 46.4 Å². The van der Waals surface area contributed by atoms with Crippen molar-refractivity contribution in [1.82, 2.24) is 0 Å². The first-order chi connectivity index (χ1) is 8.44. The molecule has 0 amide bonds.